The Morgan fingerprint density at radius 1 is 1.10 bits per heavy atom. The number of hydrogen-bond donors (Lipinski definition) is 0. The van der Waals surface area contributed by atoms with E-state index in [0.29, 0.717) is 11.3 Å². The summed E-state index contributed by atoms with van der Waals surface area (Å²) in [6, 6.07) is 15.4. The van der Waals surface area contributed by atoms with Crippen LogP contribution in [-0.4, -0.2) is 5.97 Å². The summed E-state index contributed by atoms with van der Waals surface area (Å²) in [6.07, 6.45) is 1.46. The van der Waals surface area contributed by atoms with Gasteiger partial charge in [0, 0.05) is 18.6 Å². The monoisotopic (exact) mass is 280 g/mol. The smallest absolute Gasteiger partial charge is 0.308 e. The predicted octanol–water partition coefficient (Wildman–Crippen LogP) is 3.78. The molecule has 2 aromatic rings. The number of allylic oxidation sites excluding steroid dienone is 1. The van der Waals surface area contributed by atoms with Crippen molar-refractivity contribution in [1.29, 1.82) is 0 Å². The number of esters is 1. The number of hydrogen-bond acceptors (Lipinski definition) is 2. The Labute approximate surface area is 122 Å². The van der Waals surface area contributed by atoms with Gasteiger partial charge in [-0.05, 0) is 12.1 Å². The van der Waals surface area contributed by atoms with Gasteiger partial charge in [-0.1, -0.05) is 54.3 Å². The number of carbonyl (C=O) groups is 1. The zero-order chi connectivity index (χ0) is 15.1. The summed E-state index contributed by atoms with van der Waals surface area (Å²) in [7, 11) is 0. The average Bonchev–Trinajstić information content (AvgIpc) is 2.49. The Balaban J connectivity index is 2.30. The molecule has 0 unspecified atom stereocenters. The number of benzene rings is 2. The van der Waals surface area contributed by atoms with Gasteiger partial charge in [0.1, 0.15) is 11.6 Å². The highest BCUT2D eigenvalue weighted by atomic mass is 19.1. The van der Waals surface area contributed by atoms with Crippen molar-refractivity contribution in [2.45, 2.75) is 6.92 Å². The van der Waals surface area contributed by atoms with E-state index in [1.165, 1.54) is 19.1 Å². The lowest BCUT2D eigenvalue weighted by Crippen LogP contribution is -1.98. The van der Waals surface area contributed by atoms with Crippen LogP contribution < -0.4 is 0 Å². The first-order valence-electron chi connectivity index (χ1n) is 6.37. The van der Waals surface area contributed by atoms with Gasteiger partial charge >= 0.3 is 5.97 Å². The molecule has 104 valence electrons. The van der Waals surface area contributed by atoms with Crippen molar-refractivity contribution in [3.63, 3.8) is 0 Å². The third-order valence-corrected chi connectivity index (χ3v) is 2.60. The highest BCUT2D eigenvalue weighted by molar-refractivity contribution is 5.77. The van der Waals surface area contributed by atoms with Gasteiger partial charge in [-0.3, -0.25) is 4.79 Å². The summed E-state index contributed by atoms with van der Waals surface area (Å²) in [5, 5.41) is 0. The first kappa shape index (κ1) is 14.5. The van der Waals surface area contributed by atoms with Crippen LogP contribution in [0.15, 0.2) is 60.7 Å². The molecule has 0 aliphatic rings. The SMILES string of the molecule is CC(=O)O/C(=C\C#Cc1ccccc1F)c1ccccc1. The van der Waals surface area contributed by atoms with Crippen LogP contribution in [-0.2, 0) is 9.53 Å². The fourth-order valence-electron chi connectivity index (χ4n) is 1.67. The molecule has 2 rings (SSSR count). The minimum absolute atomic E-state index is 0.295. The first-order chi connectivity index (χ1) is 10.2. The summed E-state index contributed by atoms with van der Waals surface area (Å²) in [5.41, 5.74) is 1.03. The molecule has 0 fully saturated rings. The Bertz CT molecular complexity index is 722. The predicted molar refractivity (Wildman–Crippen MR) is 79.5 cm³/mol. The van der Waals surface area contributed by atoms with Crippen LogP contribution in [0.1, 0.15) is 18.1 Å². The van der Waals surface area contributed by atoms with Crippen molar-refractivity contribution in [1.82, 2.24) is 0 Å². The van der Waals surface area contributed by atoms with Gasteiger partial charge in [-0.15, -0.1) is 0 Å². The van der Waals surface area contributed by atoms with E-state index in [9.17, 15) is 9.18 Å². The van der Waals surface area contributed by atoms with Gasteiger partial charge in [0.25, 0.3) is 0 Å². The molecule has 0 N–H and O–H groups in total. The van der Waals surface area contributed by atoms with Crippen molar-refractivity contribution in [2.24, 2.45) is 0 Å². The number of ether oxygens (including phenoxy) is 1. The molecule has 0 spiro atoms. The summed E-state index contributed by atoms with van der Waals surface area (Å²) in [6.45, 7) is 1.32. The highest BCUT2D eigenvalue weighted by Gasteiger charge is 2.04. The van der Waals surface area contributed by atoms with Crippen LogP contribution in [0, 0.1) is 17.7 Å². The molecule has 0 radical (unpaired) electrons. The van der Waals surface area contributed by atoms with E-state index >= 15 is 0 Å². The number of halogens is 1. The van der Waals surface area contributed by atoms with Crippen LogP contribution in [0.5, 0.6) is 0 Å². The normalized spacial score (nSPS) is 10.5. The number of rotatable bonds is 2. The molecular weight excluding hydrogens is 267 g/mol. The van der Waals surface area contributed by atoms with Crippen LogP contribution in [0.2, 0.25) is 0 Å². The van der Waals surface area contributed by atoms with Crippen molar-refractivity contribution in [2.75, 3.05) is 0 Å². The summed E-state index contributed by atoms with van der Waals surface area (Å²) >= 11 is 0. The van der Waals surface area contributed by atoms with Gasteiger partial charge in [0.05, 0.1) is 5.56 Å². The maximum absolute atomic E-state index is 13.4. The van der Waals surface area contributed by atoms with Crippen LogP contribution in [0.3, 0.4) is 0 Å². The molecule has 2 aromatic carbocycles. The van der Waals surface area contributed by atoms with E-state index in [-0.39, 0.29) is 5.82 Å². The molecule has 0 heterocycles. The van der Waals surface area contributed by atoms with E-state index in [2.05, 4.69) is 11.8 Å². The van der Waals surface area contributed by atoms with E-state index in [0.717, 1.165) is 5.56 Å². The summed E-state index contributed by atoms with van der Waals surface area (Å²) < 4.78 is 18.6. The van der Waals surface area contributed by atoms with Crippen molar-refractivity contribution < 1.29 is 13.9 Å². The molecule has 0 saturated carbocycles. The maximum atomic E-state index is 13.4. The van der Waals surface area contributed by atoms with E-state index in [1.807, 2.05) is 18.2 Å². The Morgan fingerprint density at radius 2 is 1.76 bits per heavy atom. The lowest BCUT2D eigenvalue weighted by atomic mass is 10.1. The molecule has 0 atom stereocenters. The Hall–Kier alpha value is -2.86. The molecular formula is C18H13FO2. The fraction of sp³-hybridized carbons (Fsp3) is 0.0556. The zero-order valence-corrected chi connectivity index (χ0v) is 11.5. The van der Waals surface area contributed by atoms with Gasteiger partial charge < -0.3 is 4.74 Å². The molecule has 21 heavy (non-hydrogen) atoms. The molecule has 0 aliphatic carbocycles. The quantitative estimate of drug-likeness (QED) is 0.475. The average molecular weight is 280 g/mol. The van der Waals surface area contributed by atoms with Crippen LogP contribution in [0.25, 0.3) is 5.76 Å². The molecule has 3 heteroatoms. The minimum Gasteiger partial charge on any atom is -0.425 e. The van der Waals surface area contributed by atoms with Gasteiger partial charge in [-0.25, -0.2) is 4.39 Å². The summed E-state index contributed by atoms with van der Waals surface area (Å²) in [5.74, 6) is 4.94. The van der Waals surface area contributed by atoms with Gasteiger partial charge in [0.2, 0.25) is 0 Å². The van der Waals surface area contributed by atoms with Gasteiger partial charge in [-0.2, -0.15) is 0 Å². The largest absolute Gasteiger partial charge is 0.425 e. The lowest BCUT2D eigenvalue weighted by Gasteiger charge is -2.05. The second kappa shape index (κ2) is 7.06. The molecule has 0 bridgehead atoms. The Kier molecular flexibility index (Phi) is 4.89. The van der Waals surface area contributed by atoms with E-state index < -0.39 is 5.97 Å². The molecule has 0 aliphatic heterocycles. The minimum atomic E-state index is -0.433. The van der Waals surface area contributed by atoms with E-state index in [4.69, 9.17) is 4.74 Å². The second-order valence-corrected chi connectivity index (χ2v) is 4.22. The molecule has 0 amide bonds. The van der Waals surface area contributed by atoms with Crippen molar-refractivity contribution >= 4 is 11.7 Å². The molecule has 0 saturated heterocycles. The summed E-state index contributed by atoms with van der Waals surface area (Å²) in [4.78, 5) is 11.1. The fourth-order valence-corrected chi connectivity index (χ4v) is 1.67. The zero-order valence-electron chi connectivity index (χ0n) is 11.5. The topological polar surface area (TPSA) is 26.3 Å². The molecule has 0 aromatic heterocycles. The van der Waals surface area contributed by atoms with E-state index in [1.54, 1.807) is 30.3 Å². The first-order valence-corrected chi connectivity index (χ1v) is 6.37. The van der Waals surface area contributed by atoms with Crippen LogP contribution in [0.4, 0.5) is 4.39 Å². The Morgan fingerprint density at radius 3 is 2.43 bits per heavy atom. The molecule has 2 nitrogen and oxygen atoms in total. The second-order valence-electron chi connectivity index (χ2n) is 4.22. The van der Waals surface area contributed by atoms with Crippen molar-refractivity contribution in [3.05, 3.63) is 77.6 Å². The number of carbonyl (C=O) groups excluding carboxylic acids is 1. The lowest BCUT2D eigenvalue weighted by molar-refractivity contribution is -0.134. The standard InChI is InChI=1S/C18H13FO2/c1-14(20)21-18(16-9-3-2-4-10-16)13-7-11-15-8-5-6-12-17(15)19/h2-6,8-10,12-13H,1H3/b18-13-. The third-order valence-electron chi connectivity index (χ3n) is 2.60. The van der Waals surface area contributed by atoms with Crippen molar-refractivity contribution in [3.8, 4) is 11.8 Å². The highest BCUT2D eigenvalue weighted by Crippen LogP contribution is 2.15. The maximum Gasteiger partial charge on any atom is 0.308 e. The van der Waals surface area contributed by atoms with Gasteiger partial charge in [0.15, 0.2) is 0 Å². The third kappa shape index (κ3) is 4.32. The van der Waals surface area contributed by atoms with Crippen LogP contribution >= 0.6 is 0 Å².